The Morgan fingerprint density at radius 3 is 2.52 bits per heavy atom. The van der Waals surface area contributed by atoms with Gasteiger partial charge in [0.15, 0.2) is 0 Å². The summed E-state index contributed by atoms with van der Waals surface area (Å²) in [4.78, 5) is 14.2. The van der Waals surface area contributed by atoms with Gasteiger partial charge in [-0.15, -0.1) is 0 Å². The normalized spacial score (nSPS) is 12.3. The van der Waals surface area contributed by atoms with E-state index in [0.717, 1.165) is 35.0 Å². The predicted molar refractivity (Wildman–Crippen MR) is 128 cm³/mol. The van der Waals surface area contributed by atoms with Gasteiger partial charge < -0.3 is 19.1 Å². The zero-order valence-electron chi connectivity index (χ0n) is 20.4. The first-order valence-electron chi connectivity index (χ1n) is 11.0. The van der Waals surface area contributed by atoms with E-state index in [9.17, 15) is 4.79 Å². The largest absolute Gasteiger partial charge is 0.497 e. The number of methoxy groups -OCH3 is 1. The number of likely N-dealkylation sites (N-methyl/N-ethyl adjacent to an activating group) is 1. The molecule has 0 fully saturated rings. The second-order valence-electron chi connectivity index (χ2n) is 9.99. The van der Waals surface area contributed by atoms with Crippen molar-refractivity contribution in [2.75, 3.05) is 26.8 Å². The van der Waals surface area contributed by atoms with Crippen LogP contribution in [0.1, 0.15) is 33.4 Å². The van der Waals surface area contributed by atoms with E-state index >= 15 is 0 Å². The van der Waals surface area contributed by atoms with E-state index in [1.807, 2.05) is 50.6 Å². The molecule has 0 saturated carbocycles. The van der Waals surface area contributed by atoms with Crippen molar-refractivity contribution in [1.29, 1.82) is 0 Å². The van der Waals surface area contributed by atoms with Crippen molar-refractivity contribution in [3.63, 3.8) is 0 Å². The van der Waals surface area contributed by atoms with Crippen molar-refractivity contribution < 1.29 is 19.0 Å². The fraction of sp³-hybridized carbons (Fsp3) is 0.652. The van der Waals surface area contributed by atoms with Gasteiger partial charge in [0.1, 0.15) is 18.1 Å². The van der Waals surface area contributed by atoms with E-state index in [2.05, 4.69) is 19.6 Å². The van der Waals surface area contributed by atoms with Crippen molar-refractivity contribution in [2.45, 2.75) is 72.1 Å². The van der Waals surface area contributed by atoms with E-state index in [1.54, 1.807) is 12.0 Å². The van der Waals surface area contributed by atoms with Crippen molar-refractivity contribution in [3.05, 3.63) is 23.9 Å². The highest BCUT2D eigenvalue weighted by Crippen LogP contribution is 2.25. The molecular formula is C23H39N3O4Si. The number of carbonyl (C=O) groups is 1. The van der Waals surface area contributed by atoms with Gasteiger partial charge >= 0.3 is 6.09 Å². The molecule has 0 spiro atoms. The van der Waals surface area contributed by atoms with Crippen molar-refractivity contribution in [2.24, 2.45) is 0 Å². The standard InChI is InChI=1S/C23H39N3O4Si/c1-9-25(22(27)30-23(2,3)4)13-12-20-19-16-18(28-5)10-11-21(19)26(24-20)17-29-14-15-31(6,7)8/h10-11,16H,9,12-15,17H2,1-8H3. The fourth-order valence-electron chi connectivity index (χ4n) is 3.11. The van der Waals surface area contributed by atoms with Gasteiger partial charge in [0.25, 0.3) is 0 Å². The van der Waals surface area contributed by atoms with Crippen LogP contribution in [0.2, 0.25) is 25.7 Å². The Balaban J connectivity index is 2.16. The zero-order chi connectivity index (χ0) is 23.2. The third-order valence-electron chi connectivity index (χ3n) is 4.90. The van der Waals surface area contributed by atoms with Gasteiger partial charge in [-0.05, 0) is 51.9 Å². The van der Waals surface area contributed by atoms with Crippen LogP contribution in [0.25, 0.3) is 10.9 Å². The van der Waals surface area contributed by atoms with Crippen LogP contribution in [-0.2, 0) is 22.6 Å². The van der Waals surface area contributed by atoms with E-state index in [1.165, 1.54) is 0 Å². The SMILES string of the molecule is CCN(CCc1nn(COCC[Si](C)(C)C)c2ccc(OC)cc12)C(=O)OC(C)(C)C. The summed E-state index contributed by atoms with van der Waals surface area (Å²) >= 11 is 0. The third kappa shape index (κ3) is 7.85. The van der Waals surface area contributed by atoms with Crippen LogP contribution in [0.4, 0.5) is 4.79 Å². The third-order valence-corrected chi connectivity index (χ3v) is 6.60. The molecule has 1 aromatic heterocycles. The predicted octanol–water partition coefficient (Wildman–Crippen LogP) is 5.16. The van der Waals surface area contributed by atoms with Gasteiger partial charge in [-0.2, -0.15) is 5.10 Å². The lowest BCUT2D eigenvalue weighted by atomic mass is 10.1. The van der Waals surface area contributed by atoms with E-state index in [4.69, 9.17) is 19.3 Å². The van der Waals surface area contributed by atoms with Gasteiger partial charge in [-0.3, -0.25) is 0 Å². The summed E-state index contributed by atoms with van der Waals surface area (Å²) in [6.07, 6.45) is 0.324. The first-order valence-corrected chi connectivity index (χ1v) is 14.7. The maximum Gasteiger partial charge on any atom is 0.410 e. The Morgan fingerprint density at radius 1 is 1.23 bits per heavy atom. The zero-order valence-corrected chi connectivity index (χ0v) is 21.4. The lowest BCUT2D eigenvalue weighted by molar-refractivity contribution is 0.0261. The maximum absolute atomic E-state index is 12.5. The summed E-state index contributed by atoms with van der Waals surface area (Å²) in [7, 11) is 0.524. The molecule has 0 N–H and O–H groups in total. The molecule has 7 nitrogen and oxygen atoms in total. The molecule has 0 saturated heterocycles. The number of amides is 1. The highest BCUT2D eigenvalue weighted by molar-refractivity contribution is 6.76. The Bertz CT molecular complexity index is 868. The van der Waals surface area contributed by atoms with Crippen molar-refractivity contribution in [3.8, 4) is 5.75 Å². The molecule has 0 aliphatic rings. The van der Waals surface area contributed by atoms with Crippen LogP contribution >= 0.6 is 0 Å². The molecule has 0 atom stereocenters. The number of benzene rings is 1. The minimum absolute atomic E-state index is 0.300. The molecule has 0 aliphatic carbocycles. The van der Waals surface area contributed by atoms with Crippen LogP contribution in [0.3, 0.4) is 0 Å². The highest BCUT2D eigenvalue weighted by atomic mass is 28.3. The summed E-state index contributed by atoms with van der Waals surface area (Å²) in [6.45, 7) is 16.9. The number of aromatic nitrogens is 2. The van der Waals surface area contributed by atoms with Crippen LogP contribution < -0.4 is 4.74 Å². The fourth-order valence-corrected chi connectivity index (χ4v) is 3.87. The number of nitrogens with zero attached hydrogens (tertiary/aromatic N) is 3. The van der Waals surface area contributed by atoms with E-state index in [-0.39, 0.29) is 6.09 Å². The first kappa shape index (κ1) is 25.2. The van der Waals surface area contributed by atoms with Gasteiger partial charge in [0.05, 0.1) is 18.3 Å². The molecule has 2 aromatic rings. The molecule has 2 rings (SSSR count). The van der Waals surface area contributed by atoms with Gasteiger partial charge in [0, 0.05) is 39.6 Å². The topological polar surface area (TPSA) is 65.8 Å². The smallest absolute Gasteiger partial charge is 0.410 e. The average molecular weight is 450 g/mol. The molecule has 0 bridgehead atoms. The molecule has 1 aromatic carbocycles. The molecule has 0 radical (unpaired) electrons. The summed E-state index contributed by atoms with van der Waals surface area (Å²) in [5.74, 6) is 0.785. The van der Waals surface area contributed by atoms with E-state index in [0.29, 0.717) is 26.2 Å². The molecular weight excluding hydrogens is 410 g/mol. The van der Waals surface area contributed by atoms with Crippen LogP contribution in [0.15, 0.2) is 18.2 Å². The quantitative estimate of drug-likeness (QED) is 0.370. The second kappa shape index (κ2) is 10.5. The Hall–Kier alpha value is -2.06. The number of fused-ring (bicyclic) bond motifs is 1. The van der Waals surface area contributed by atoms with Crippen LogP contribution in [0.5, 0.6) is 5.75 Å². The number of rotatable bonds is 10. The van der Waals surface area contributed by atoms with Crippen LogP contribution in [0, 0.1) is 0 Å². The molecule has 0 aliphatic heterocycles. The highest BCUT2D eigenvalue weighted by Gasteiger charge is 2.22. The molecule has 174 valence electrons. The van der Waals surface area contributed by atoms with Crippen molar-refractivity contribution >= 4 is 25.1 Å². The van der Waals surface area contributed by atoms with Gasteiger partial charge in [0.2, 0.25) is 0 Å². The molecule has 0 unspecified atom stereocenters. The van der Waals surface area contributed by atoms with Gasteiger partial charge in [-0.1, -0.05) is 19.6 Å². The lowest BCUT2D eigenvalue weighted by Crippen LogP contribution is -2.37. The molecule has 1 heterocycles. The average Bonchev–Trinajstić information content (AvgIpc) is 3.00. The minimum atomic E-state index is -1.13. The molecule has 1 amide bonds. The number of hydrogen-bond donors (Lipinski definition) is 0. The second-order valence-corrected chi connectivity index (χ2v) is 15.6. The summed E-state index contributed by atoms with van der Waals surface area (Å²) in [5.41, 5.74) is 1.41. The Morgan fingerprint density at radius 2 is 1.94 bits per heavy atom. The van der Waals surface area contributed by atoms with E-state index < -0.39 is 13.7 Å². The summed E-state index contributed by atoms with van der Waals surface area (Å²) in [5, 5.41) is 5.83. The minimum Gasteiger partial charge on any atom is -0.497 e. The van der Waals surface area contributed by atoms with Crippen LogP contribution in [-0.4, -0.2) is 61.3 Å². The monoisotopic (exact) mass is 449 g/mol. The number of ether oxygens (including phenoxy) is 3. The lowest BCUT2D eigenvalue weighted by Gasteiger charge is -2.26. The first-order chi connectivity index (χ1) is 14.4. The molecule has 8 heteroatoms. The van der Waals surface area contributed by atoms with Gasteiger partial charge in [-0.25, -0.2) is 9.48 Å². The Labute approximate surface area is 187 Å². The maximum atomic E-state index is 12.5. The summed E-state index contributed by atoms with van der Waals surface area (Å²) < 4.78 is 18.8. The Kier molecular flexibility index (Phi) is 8.54. The van der Waals surface area contributed by atoms with Crippen molar-refractivity contribution in [1.82, 2.24) is 14.7 Å². The summed E-state index contributed by atoms with van der Waals surface area (Å²) in [6, 6.07) is 7.07. The number of hydrogen-bond acceptors (Lipinski definition) is 5. The number of carbonyl (C=O) groups excluding carboxylic acids is 1. The molecule has 31 heavy (non-hydrogen) atoms.